The van der Waals surface area contributed by atoms with Crippen molar-refractivity contribution in [1.29, 1.82) is 0 Å². The summed E-state index contributed by atoms with van der Waals surface area (Å²) in [5.74, 6) is 0. The van der Waals surface area contributed by atoms with Crippen LogP contribution in [0.25, 0.3) is 0 Å². The summed E-state index contributed by atoms with van der Waals surface area (Å²) in [7, 11) is 0. The fourth-order valence-electron chi connectivity index (χ4n) is 0.857. The van der Waals surface area contributed by atoms with Crippen molar-refractivity contribution in [2.45, 2.75) is 13.0 Å². The predicted molar refractivity (Wildman–Crippen MR) is 34.8 cm³/mol. The molecule has 0 aliphatic carbocycles. The van der Waals surface area contributed by atoms with Crippen molar-refractivity contribution in [2.75, 3.05) is 19.6 Å². The summed E-state index contributed by atoms with van der Waals surface area (Å²) in [6.07, 6.45) is 0. The van der Waals surface area contributed by atoms with Gasteiger partial charge in [-0.05, 0) is 0 Å². The number of piperazine rings is 1. The van der Waals surface area contributed by atoms with Gasteiger partial charge in [-0.3, -0.25) is 0 Å². The quantitative estimate of drug-likeness (QED) is 0.434. The van der Waals surface area contributed by atoms with E-state index in [1.807, 2.05) is 0 Å². The normalized spacial score (nSPS) is 33.1. The molecule has 0 spiro atoms. The molecule has 0 saturated carbocycles. The molecular formula is C5H11AlN2+2. The Morgan fingerprint density at radius 2 is 2.50 bits per heavy atom. The molecule has 0 bridgehead atoms. The van der Waals surface area contributed by atoms with E-state index in [0.717, 1.165) is 19.6 Å². The van der Waals surface area contributed by atoms with Gasteiger partial charge in [-0.25, -0.2) is 0 Å². The van der Waals surface area contributed by atoms with E-state index < -0.39 is 0 Å². The van der Waals surface area contributed by atoms with Crippen molar-refractivity contribution in [1.82, 2.24) is 9.20 Å². The van der Waals surface area contributed by atoms with E-state index in [2.05, 4.69) is 32.6 Å². The second kappa shape index (κ2) is 2.84. The summed E-state index contributed by atoms with van der Waals surface area (Å²) < 4.78 is 2.29. The molecule has 1 aliphatic rings. The first kappa shape index (κ1) is 6.57. The number of hydrogen-bond acceptors (Lipinski definition) is 2. The van der Waals surface area contributed by atoms with Gasteiger partial charge >= 0.3 is 58.3 Å². The number of nitrogens with zero attached hydrogens (tertiary/aromatic N) is 1. The maximum absolute atomic E-state index is 3.31. The van der Waals surface area contributed by atoms with Gasteiger partial charge in [-0.2, -0.15) is 0 Å². The van der Waals surface area contributed by atoms with Crippen LogP contribution in [-0.2, 0) is 0 Å². The van der Waals surface area contributed by atoms with Crippen LogP contribution in [0.1, 0.15) is 6.92 Å². The van der Waals surface area contributed by atoms with E-state index in [4.69, 9.17) is 0 Å². The molecule has 1 rings (SSSR count). The summed E-state index contributed by atoms with van der Waals surface area (Å²) in [6, 6.07) is 0.689. The Morgan fingerprint density at radius 3 is 2.88 bits per heavy atom. The monoisotopic (exact) mass is 126 g/mol. The SMILES string of the molecule is CC1CNCC[N]1[Al+2]. The van der Waals surface area contributed by atoms with Crippen LogP contribution in [0.15, 0.2) is 0 Å². The Labute approximate surface area is 58.9 Å². The summed E-state index contributed by atoms with van der Waals surface area (Å²) in [5.41, 5.74) is 0. The van der Waals surface area contributed by atoms with Gasteiger partial charge in [0.2, 0.25) is 0 Å². The van der Waals surface area contributed by atoms with Crippen molar-refractivity contribution < 1.29 is 0 Å². The molecule has 1 N–H and O–H groups in total. The first-order chi connectivity index (χ1) is 3.80. The standard InChI is InChI=1S/C5H11N2.Al/c1-5-4-6-2-3-7-5;/h5-6H,2-4H2,1H3;/q-1;+3. The Bertz CT molecular complexity index is 66.8. The zero-order chi connectivity index (χ0) is 5.98. The molecule has 8 heavy (non-hydrogen) atoms. The Hall–Kier alpha value is 0.452. The molecule has 1 heterocycles. The predicted octanol–water partition coefficient (Wildman–Crippen LogP) is -0.636. The topological polar surface area (TPSA) is 15.3 Å². The third kappa shape index (κ3) is 1.46. The first-order valence-corrected chi connectivity index (χ1v) is 3.54. The molecule has 0 amide bonds. The second-order valence-electron chi connectivity index (χ2n) is 2.29. The minimum atomic E-state index is 0.689. The molecule has 0 aromatic heterocycles. The van der Waals surface area contributed by atoms with Gasteiger partial charge in [-0.1, -0.05) is 0 Å². The van der Waals surface area contributed by atoms with Crippen LogP contribution < -0.4 is 5.32 Å². The zero-order valence-electron chi connectivity index (χ0n) is 5.22. The van der Waals surface area contributed by atoms with E-state index in [1.165, 1.54) is 0 Å². The first-order valence-electron chi connectivity index (χ1n) is 3.03. The van der Waals surface area contributed by atoms with Crippen LogP contribution in [0.3, 0.4) is 0 Å². The van der Waals surface area contributed by atoms with Crippen LogP contribution >= 0.6 is 0 Å². The van der Waals surface area contributed by atoms with Gasteiger partial charge in [0, 0.05) is 0 Å². The van der Waals surface area contributed by atoms with Crippen molar-refractivity contribution in [3.8, 4) is 0 Å². The van der Waals surface area contributed by atoms with E-state index in [0.29, 0.717) is 6.04 Å². The van der Waals surface area contributed by atoms with E-state index >= 15 is 0 Å². The molecule has 0 aromatic carbocycles. The number of nitrogens with one attached hydrogen (secondary N) is 1. The number of rotatable bonds is 0. The van der Waals surface area contributed by atoms with Gasteiger partial charge < -0.3 is 0 Å². The van der Waals surface area contributed by atoms with Crippen LogP contribution in [0, 0.1) is 0 Å². The van der Waals surface area contributed by atoms with Crippen molar-refractivity contribution >= 4 is 16.5 Å². The van der Waals surface area contributed by atoms with Crippen LogP contribution in [0.5, 0.6) is 0 Å². The molecule has 0 radical (unpaired) electrons. The molecule has 1 fully saturated rings. The minimum absolute atomic E-state index is 0.689. The molecular weight excluding hydrogens is 115 g/mol. The molecule has 0 aromatic rings. The average Bonchev–Trinajstić information content (AvgIpc) is 1.77. The zero-order valence-corrected chi connectivity index (χ0v) is 6.38. The third-order valence-electron chi connectivity index (χ3n) is 1.55. The molecule has 1 atom stereocenters. The van der Waals surface area contributed by atoms with Gasteiger partial charge in [0.05, 0.1) is 0 Å². The molecule has 2 nitrogen and oxygen atoms in total. The van der Waals surface area contributed by atoms with E-state index in [-0.39, 0.29) is 0 Å². The molecule has 3 heteroatoms. The van der Waals surface area contributed by atoms with Gasteiger partial charge in [0.25, 0.3) is 0 Å². The summed E-state index contributed by atoms with van der Waals surface area (Å²) in [5, 5.41) is 3.31. The number of hydrogen-bond donors (Lipinski definition) is 1. The molecule has 1 saturated heterocycles. The molecule has 1 unspecified atom stereocenters. The van der Waals surface area contributed by atoms with Crippen molar-refractivity contribution in [2.24, 2.45) is 0 Å². The summed E-state index contributed by atoms with van der Waals surface area (Å²) in [6.45, 7) is 5.64. The maximum atomic E-state index is 3.31. The fraction of sp³-hybridized carbons (Fsp3) is 1.00. The Morgan fingerprint density at radius 1 is 1.75 bits per heavy atom. The summed E-state index contributed by atoms with van der Waals surface area (Å²) in [4.78, 5) is 0. The molecule has 1 aliphatic heterocycles. The second-order valence-corrected chi connectivity index (χ2v) is 2.95. The van der Waals surface area contributed by atoms with Gasteiger partial charge in [0.1, 0.15) is 0 Å². The van der Waals surface area contributed by atoms with E-state index in [1.54, 1.807) is 0 Å². The fourth-order valence-corrected chi connectivity index (χ4v) is 1.09. The molecule has 42 valence electrons. The van der Waals surface area contributed by atoms with Gasteiger partial charge in [-0.15, -0.1) is 0 Å². The van der Waals surface area contributed by atoms with E-state index in [9.17, 15) is 0 Å². The van der Waals surface area contributed by atoms with Gasteiger partial charge in [0.15, 0.2) is 0 Å². The Balaban J connectivity index is 2.28. The van der Waals surface area contributed by atoms with Crippen LogP contribution in [0.4, 0.5) is 0 Å². The van der Waals surface area contributed by atoms with Crippen molar-refractivity contribution in [3.05, 3.63) is 0 Å². The van der Waals surface area contributed by atoms with Crippen LogP contribution in [0.2, 0.25) is 0 Å². The average molecular weight is 126 g/mol. The third-order valence-corrected chi connectivity index (χ3v) is 2.32. The summed E-state index contributed by atoms with van der Waals surface area (Å²) >= 11 is 2.74. The van der Waals surface area contributed by atoms with Crippen molar-refractivity contribution in [3.63, 3.8) is 0 Å². The van der Waals surface area contributed by atoms with Crippen LogP contribution in [-0.4, -0.2) is 46.1 Å². The Kier molecular flexibility index (Phi) is 2.33.